The maximum Gasteiger partial charge on any atom is 0.338 e. The lowest BCUT2D eigenvalue weighted by molar-refractivity contribution is 0.0526. The highest BCUT2D eigenvalue weighted by atomic mass is 32.9. The van der Waals surface area contributed by atoms with Crippen molar-refractivity contribution < 1.29 is 9.53 Å². The van der Waals surface area contributed by atoms with Crippen molar-refractivity contribution >= 4 is 38.0 Å². The van der Waals surface area contributed by atoms with Gasteiger partial charge < -0.3 is 9.64 Å². The van der Waals surface area contributed by atoms with Gasteiger partial charge in [0.1, 0.15) is 4.67 Å². The third-order valence-electron chi connectivity index (χ3n) is 5.43. The van der Waals surface area contributed by atoms with Gasteiger partial charge in [0, 0.05) is 23.9 Å². The molecule has 0 saturated carbocycles. The molecule has 0 bridgehead atoms. The van der Waals surface area contributed by atoms with E-state index in [-0.39, 0.29) is 11.5 Å². The third kappa shape index (κ3) is 3.40. The Morgan fingerprint density at radius 1 is 1.14 bits per heavy atom. The summed E-state index contributed by atoms with van der Waals surface area (Å²) in [6, 6.07) is 13.9. The fourth-order valence-electron chi connectivity index (χ4n) is 3.58. The molecule has 1 aromatic heterocycles. The van der Waals surface area contributed by atoms with Crippen molar-refractivity contribution in [3.8, 4) is 11.1 Å². The van der Waals surface area contributed by atoms with Crippen molar-refractivity contribution in [2.45, 2.75) is 33.2 Å². The van der Waals surface area contributed by atoms with Gasteiger partial charge in [-0.25, -0.2) is 9.79 Å². The number of aryl methyl sites for hydroxylation is 1. The van der Waals surface area contributed by atoms with Gasteiger partial charge in [-0.1, -0.05) is 32.3 Å². The molecule has 1 aliphatic rings. The van der Waals surface area contributed by atoms with Gasteiger partial charge >= 0.3 is 5.97 Å². The van der Waals surface area contributed by atoms with Gasteiger partial charge in [-0.2, -0.15) is 0 Å². The van der Waals surface area contributed by atoms with E-state index in [4.69, 9.17) is 9.73 Å². The van der Waals surface area contributed by atoms with Crippen molar-refractivity contribution in [2.24, 2.45) is 4.99 Å². The van der Waals surface area contributed by atoms with Gasteiger partial charge in [-0.15, -0.1) is 0 Å². The molecule has 150 valence electrons. The number of rotatable bonds is 3. The second-order valence-electron chi connectivity index (χ2n) is 7.69. The minimum atomic E-state index is -0.302. The molecule has 0 atom stereocenters. The number of hydrogen-bond acceptors (Lipinski definition) is 6. The highest BCUT2D eigenvalue weighted by molar-refractivity contribution is 7.68. The Morgan fingerprint density at radius 3 is 2.55 bits per heavy atom. The van der Waals surface area contributed by atoms with Crippen molar-refractivity contribution in [3.05, 3.63) is 63.1 Å². The summed E-state index contributed by atoms with van der Waals surface area (Å²) in [6.07, 6.45) is 0. The summed E-state index contributed by atoms with van der Waals surface area (Å²) in [4.78, 5) is 20.5. The molecule has 3 aromatic rings. The van der Waals surface area contributed by atoms with Gasteiger partial charge in [0.2, 0.25) is 0 Å². The van der Waals surface area contributed by atoms with Crippen LogP contribution in [0.15, 0.2) is 47.5 Å². The lowest BCUT2D eigenvalue weighted by atomic mass is 9.87. The van der Waals surface area contributed by atoms with E-state index in [1.54, 1.807) is 39.7 Å². The minimum Gasteiger partial charge on any atom is -0.462 e. The van der Waals surface area contributed by atoms with Crippen LogP contribution in [0.4, 0.5) is 11.4 Å². The third-order valence-corrected chi connectivity index (χ3v) is 8.06. The zero-order chi connectivity index (χ0) is 20.8. The number of esters is 1. The van der Waals surface area contributed by atoms with Crippen LogP contribution in [-0.4, -0.2) is 19.6 Å². The predicted molar refractivity (Wildman–Crippen MR) is 121 cm³/mol. The molecule has 0 radical (unpaired) electrons. The molecule has 0 aliphatic carbocycles. The van der Waals surface area contributed by atoms with Crippen LogP contribution in [0.3, 0.4) is 0 Å². The Hall–Kier alpha value is -2.44. The molecule has 0 saturated heterocycles. The van der Waals surface area contributed by atoms with Crippen LogP contribution < -0.4 is 9.57 Å². The maximum atomic E-state index is 11.9. The van der Waals surface area contributed by atoms with Crippen LogP contribution in [0, 0.1) is 6.92 Å². The van der Waals surface area contributed by atoms with Gasteiger partial charge in [0.05, 0.1) is 28.3 Å². The highest BCUT2D eigenvalue weighted by Crippen LogP contribution is 2.48. The molecule has 0 unspecified atom stereocenters. The second-order valence-corrected chi connectivity index (χ2v) is 9.82. The molecule has 2 heterocycles. The molecule has 0 amide bonds. The van der Waals surface area contributed by atoms with E-state index in [0.29, 0.717) is 12.2 Å². The number of carbonyl (C=O) groups is 1. The number of nitrogens with zero attached hydrogens (tertiary/aromatic N) is 2. The summed E-state index contributed by atoms with van der Waals surface area (Å²) in [7, 11) is 5.67. The molecule has 6 heteroatoms. The predicted octanol–water partition coefficient (Wildman–Crippen LogP) is 5.88. The summed E-state index contributed by atoms with van der Waals surface area (Å²) >= 11 is 0. The van der Waals surface area contributed by atoms with E-state index in [1.807, 2.05) is 12.1 Å². The summed E-state index contributed by atoms with van der Waals surface area (Å²) in [6.45, 7) is 8.82. The molecule has 4 nitrogen and oxygen atoms in total. The molecule has 2 aromatic carbocycles. The smallest absolute Gasteiger partial charge is 0.338 e. The zero-order valence-electron chi connectivity index (χ0n) is 17.3. The number of hydrogen-bond donors (Lipinski definition) is 0. The number of ether oxygens (including phenoxy) is 1. The molecule has 0 N–H and O–H groups in total. The molecule has 29 heavy (non-hydrogen) atoms. The SMILES string of the molecule is CCOC(=O)c1ccc(N=c2ssc3c2-c2cc(C)ccc2N(C)C3(C)C)cc1. The van der Waals surface area contributed by atoms with Crippen LogP contribution >= 0.6 is 20.7 Å². The van der Waals surface area contributed by atoms with Crippen LogP contribution in [0.2, 0.25) is 0 Å². The Balaban J connectivity index is 1.84. The lowest BCUT2D eigenvalue weighted by Gasteiger charge is -2.42. The van der Waals surface area contributed by atoms with Gasteiger partial charge in [0.15, 0.2) is 0 Å². The number of anilines is 1. The first kappa shape index (κ1) is 19.9. The van der Waals surface area contributed by atoms with E-state index in [9.17, 15) is 4.79 Å². The topological polar surface area (TPSA) is 41.9 Å². The zero-order valence-corrected chi connectivity index (χ0v) is 18.9. The van der Waals surface area contributed by atoms with Gasteiger partial charge in [-0.05, 0) is 64.1 Å². The standard InChI is InChI=1S/C23H24N2O2S2/c1-6-27-22(26)15-8-10-16(11-9-15)24-21-19-17-13-14(2)7-12-18(17)25(5)23(3,4)20(19)28-29-21/h7-13H,6H2,1-5H3. The number of fused-ring (bicyclic) bond motifs is 3. The van der Waals surface area contributed by atoms with Crippen molar-refractivity contribution in [2.75, 3.05) is 18.6 Å². The molecule has 0 fully saturated rings. The lowest BCUT2D eigenvalue weighted by Crippen LogP contribution is -2.41. The highest BCUT2D eigenvalue weighted by Gasteiger charge is 2.37. The van der Waals surface area contributed by atoms with Crippen LogP contribution in [0.5, 0.6) is 0 Å². The largest absolute Gasteiger partial charge is 0.462 e. The maximum absolute atomic E-state index is 11.9. The normalized spacial score (nSPS) is 15.1. The minimum absolute atomic E-state index is 0.0969. The molecule has 1 aliphatic heterocycles. The average molecular weight is 425 g/mol. The van der Waals surface area contributed by atoms with Crippen LogP contribution in [0.1, 0.15) is 41.6 Å². The summed E-state index contributed by atoms with van der Waals surface area (Å²) in [5.41, 5.74) is 6.22. The number of carbonyl (C=O) groups excluding carboxylic acids is 1. The van der Waals surface area contributed by atoms with E-state index >= 15 is 0 Å². The van der Waals surface area contributed by atoms with Gasteiger partial charge in [0.25, 0.3) is 0 Å². The van der Waals surface area contributed by atoms with E-state index in [1.165, 1.54) is 27.3 Å². The molecular formula is C23H24N2O2S2. The van der Waals surface area contributed by atoms with E-state index in [0.717, 1.165) is 10.4 Å². The molecule has 0 spiro atoms. The first-order chi connectivity index (χ1) is 13.8. The first-order valence-corrected chi connectivity index (χ1v) is 11.8. The van der Waals surface area contributed by atoms with Crippen molar-refractivity contribution in [3.63, 3.8) is 0 Å². The quantitative estimate of drug-likeness (QED) is 0.389. The Bertz CT molecular complexity index is 1140. The van der Waals surface area contributed by atoms with Crippen molar-refractivity contribution in [1.29, 1.82) is 0 Å². The second kappa shape index (κ2) is 7.43. The fraction of sp³-hybridized carbons (Fsp3) is 0.304. The van der Waals surface area contributed by atoms with Crippen LogP contribution in [-0.2, 0) is 10.3 Å². The molecular weight excluding hydrogens is 400 g/mol. The van der Waals surface area contributed by atoms with E-state index in [2.05, 4.69) is 50.9 Å². The van der Waals surface area contributed by atoms with Gasteiger partial charge in [-0.3, -0.25) is 0 Å². The van der Waals surface area contributed by atoms with Crippen molar-refractivity contribution in [1.82, 2.24) is 0 Å². The Labute approximate surface area is 178 Å². The average Bonchev–Trinajstić information content (AvgIpc) is 3.12. The first-order valence-electron chi connectivity index (χ1n) is 9.63. The fourth-order valence-corrected chi connectivity index (χ4v) is 6.59. The number of benzene rings is 2. The molecule has 4 rings (SSSR count). The monoisotopic (exact) mass is 424 g/mol. The Kier molecular flexibility index (Phi) is 5.09. The van der Waals surface area contributed by atoms with Crippen LogP contribution in [0.25, 0.3) is 11.1 Å². The van der Waals surface area contributed by atoms with E-state index < -0.39 is 0 Å². The Morgan fingerprint density at radius 2 is 1.86 bits per heavy atom. The summed E-state index contributed by atoms with van der Waals surface area (Å²) < 4.78 is 6.08. The summed E-state index contributed by atoms with van der Waals surface area (Å²) in [5.74, 6) is -0.302. The summed E-state index contributed by atoms with van der Waals surface area (Å²) in [5, 5.41) is 0.